The topological polar surface area (TPSA) is 93.0 Å². The van der Waals surface area contributed by atoms with Crippen LogP contribution in [-0.4, -0.2) is 27.6 Å². The molecule has 1 atom stereocenters. The molecule has 0 unspecified atom stereocenters. The zero-order chi connectivity index (χ0) is 18.3. The maximum Gasteiger partial charge on any atom is 0.268 e. The lowest BCUT2D eigenvalue weighted by atomic mass is 10.0. The van der Waals surface area contributed by atoms with Crippen LogP contribution in [0.3, 0.4) is 0 Å². The summed E-state index contributed by atoms with van der Waals surface area (Å²) in [6, 6.07) is 4.13. The number of H-pyrrole nitrogens is 1. The maximum atomic E-state index is 12.6. The summed E-state index contributed by atoms with van der Waals surface area (Å²) in [6.45, 7) is 6.98. The van der Waals surface area contributed by atoms with Crippen LogP contribution in [0.15, 0.2) is 16.7 Å². The van der Waals surface area contributed by atoms with Crippen LogP contribution in [0.2, 0.25) is 0 Å². The molecule has 136 valence electrons. The minimum atomic E-state index is -0.180. The van der Waals surface area contributed by atoms with Gasteiger partial charge in [-0.15, -0.1) is 0 Å². The van der Waals surface area contributed by atoms with Gasteiger partial charge in [0, 0.05) is 17.5 Å². The highest BCUT2D eigenvalue weighted by atomic mass is 16.5. The summed E-state index contributed by atoms with van der Waals surface area (Å²) < 4.78 is 10.8. The third kappa shape index (κ3) is 2.88. The van der Waals surface area contributed by atoms with E-state index in [1.807, 2.05) is 13.8 Å². The second-order valence-electron chi connectivity index (χ2n) is 6.81. The Kier molecular flexibility index (Phi) is 4.24. The second kappa shape index (κ2) is 6.57. The number of benzene rings is 1. The van der Waals surface area contributed by atoms with Crippen molar-refractivity contribution in [2.45, 2.75) is 46.3 Å². The molecule has 1 aliphatic heterocycles. The van der Waals surface area contributed by atoms with Crippen molar-refractivity contribution in [1.29, 1.82) is 0 Å². The quantitative estimate of drug-likeness (QED) is 0.750. The number of rotatable bonds is 4. The number of carbonyl (C=O) groups is 1. The molecule has 3 aromatic rings. The van der Waals surface area contributed by atoms with E-state index < -0.39 is 0 Å². The Labute approximate surface area is 151 Å². The van der Waals surface area contributed by atoms with Crippen LogP contribution in [0.5, 0.6) is 0 Å². The number of nitrogens with zero attached hydrogens (tertiary/aromatic N) is 2. The third-order valence-corrected chi connectivity index (χ3v) is 4.95. The van der Waals surface area contributed by atoms with Crippen molar-refractivity contribution in [3.63, 3.8) is 0 Å². The number of ether oxygens (including phenoxy) is 1. The first-order valence-electron chi connectivity index (χ1n) is 8.85. The third-order valence-electron chi connectivity index (χ3n) is 4.95. The number of nitrogens with one attached hydrogen (secondary N) is 2. The summed E-state index contributed by atoms with van der Waals surface area (Å²) >= 11 is 0. The number of aryl methyl sites for hydroxylation is 3. The smallest absolute Gasteiger partial charge is 0.268 e. The van der Waals surface area contributed by atoms with Gasteiger partial charge in [-0.2, -0.15) is 4.98 Å². The number of aromatic nitrogens is 3. The highest BCUT2D eigenvalue weighted by Gasteiger charge is 2.24. The number of amides is 1. The van der Waals surface area contributed by atoms with E-state index in [0.717, 1.165) is 47.0 Å². The highest BCUT2D eigenvalue weighted by Crippen LogP contribution is 2.28. The minimum absolute atomic E-state index is 0.117. The number of hydrogen-bond acceptors (Lipinski definition) is 5. The van der Waals surface area contributed by atoms with Gasteiger partial charge in [0.1, 0.15) is 11.8 Å². The molecule has 2 aromatic heterocycles. The molecule has 0 saturated carbocycles. The van der Waals surface area contributed by atoms with E-state index in [4.69, 9.17) is 9.26 Å². The number of aromatic amines is 1. The first-order valence-corrected chi connectivity index (χ1v) is 8.85. The van der Waals surface area contributed by atoms with E-state index in [9.17, 15) is 4.79 Å². The standard InChI is InChI=1S/C19H22N4O3/c1-10-6-7-11(2)16-15(10)12(3)17(22-16)18(24)20-9-14-21-19(26-23-14)13-5-4-8-25-13/h6-7,13,22H,4-5,8-9H2,1-3H3,(H,20,24)/t13-/m0/s1. The molecule has 0 aliphatic carbocycles. The van der Waals surface area contributed by atoms with Crippen LogP contribution >= 0.6 is 0 Å². The zero-order valence-corrected chi connectivity index (χ0v) is 15.2. The van der Waals surface area contributed by atoms with Crippen molar-refractivity contribution in [3.05, 3.63) is 46.2 Å². The molecule has 26 heavy (non-hydrogen) atoms. The molecule has 7 nitrogen and oxygen atoms in total. The van der Waals surface area contributed by atoms with E-state index >= 15 is 0 Å². The molecule has 0 spiro atoms. The van der Waals surface area contributed by atoms with E-state index in [2.05, 4.69) is 39.5 Å². The lowest BCUT2D eigenvalue weighted by molar-refractivity contribution is 0.0835. The fraction of sp³-hybridized carbons (Fsp3) is 0.421. The Morgan fingerprint density at radius 3 is 2.85 bits per heavy atom. The molecule has 2 N–H and O–H groups in total. The van der Waals surface area contributed by atoms with Crippen LogP contribution in [-0.2, 0) is 11.3 Å². The Balaban J connectivity index is 1.50. The Morgan fingerprint density at radius 1 is 1.31 bits per heavy atom. The fourth-order valence-corrected chi connectivity index (χ4v) is 3.52. The van der Waals surface area contributed by atoms with Crippen LogP contribution in [0.4, 0.5) is 0 Å². The van der Waals surface area contributed by atoms with Crippen LogP contribution in [0.1, 0.15) is 57.8 Å². The lowest BCUT2D eigenvalue weighted by Gasteiger charge is -2.02. The van der Waals surface area contributed by atoms with Crippen molar-refractivity contribution in [2.75, 3.05) is 6.61 Å². The summed E-state index contributed by atoms with van der Waals surface area (Å²) in [6.07, 6.45) is 1.77. The Bertz CT molecular complexity index is 967. The molecule has 1 aliphatic rings. The van der Waals surface area contributed by atoms with Gasteiger partial charge < -0.3 is 19.6 Å². The Morgan fingerprint density at radius 2 is 2.12 bits per heavy atom. The lowest BCUT2D eigenvalue weighted by Crippen LogP contribution is -2.24. The van der Waals surface area contributed by atoms with Crippen molar-refractivity contribution < 1.29 is 14.1 Å². The first-order chi connectivity index (χ1) is 12.5. The van der Waals surface area contributed by atoms with E-state index in [0.29, 0.717) is 17.4 Å². The molecule has 7 heteroatoms. The van der Waals surface area contributed by atoms with Gasteiger partial charge in [0.25, 0.3) is 11.8 Å². The molecule has 3 heterocycles. The molecule has 1 fully saturated rings. The van der Waals surface area contributed by atoms with Gasteiger partial charge in [0.05, 0.1) is 6.54 Å². The second-order valence-corrected chi connectivity index (χ2v) is 6.81. The zero-order valence-electron chi connectivity index (χ0n) is 15.2. The van der Waals surface area contributed by atoms with Gasteiger partial charge in [0.2, 0.25) is 0 Å². The predicted octanol–water partition coefficient (Wildman–Crippen LogP) is 3.26. The maximum absolute atomic E-state index is 12.6. The minimum Gasteiger partial charge on any atom is -0.368 e. The number of fused-ring (bicyclic) bond motifs is 1. The summed E-state index contributed by atoms with van der Waals surface area (Å²) in [4.78, 5) is 20.2. The SMILES string of the molecule is Cc1ccc(C)c2c(C)c(C(=O)NCc3noc([C@@H]4CCCO4)n3)[nH]c12. The van der Waals surface area contributed by atoms with Gasteiger partial charge >= 0.3 is 0 Å². The van der Waals surface area contributed by atoms with Gasteiger partial charge in [-0.1, -0.05) is 17.3 Å². The highest BCUT2D eigenvalue weighted by molar-refractivity contribution is 6.02. The largest absolute Gasteiger partial charge is 0.368 e. The average molecular weight is 354 g/mol. The molecule has 1 saturated heterocycles. The van der Waals surface area contributed by atoms with Gasteiger partial charge in [-0.25, -0.2) is 0 Å². The monoisotopic (exact) mass is 354 g/mol. The number of carbonyl (C=O) groups excluding carboxylic acids is 1. The first kappa shape index (κ1) is 16.8. The van der Waals surface area contributed by atoms with E-state index in [1.165, 1.54) is 0 Å². The van der Waals surface area contributed by atoms with Gasteiger partial charge in [0.15, 0.2) is 5.82 Å². The molecule has 0 radical (unpaired) electrons. The molecular weight excluding hydrogens is 332 g/mol. The molecule has 1 aromatic carbocycles. The van der Waals surface area contributed by atoms with Crippen molar-refractivity contribution >= 4 is 16.8 Å². The van der Waals surface area contributed by atoms with Crippen LogP contribution in [0.25, 0.3) is 10.9 Å². The summed E-state index contributed by atoms with van der Waals surface area (Å²) in [5.74, 6) is 0.755. The summed E-state index contributed by atoms with van der Waals surface area (Å²) in [5, 5.41) is 7.90. The summed E-state index contributed by atoms with van der Waals surface area (Å²) in [5.41, 5.74) is 4.80. The molecule has 1 amide bonds. The van der Waals surface area contributed by atoms with Crippen molar-refractivity contribution in [2.24, 2.45) is 0 Å². The van der Waals surface area contributed by atoms with Crippen molar-refractivity contribution in [1.82, 2.24) is 20.4 Å². The van der Waals surface area contributed by atoms with E-state index in [-0.39, 0.29) is 18.6 Å². The molecule has 0 bridgehead atoms. The summed E-state index contributed by atoms with van der Waals surface area (Å²) in [7, 11) is 0. The van der Waals surface area contributed by atoms with Crippen LogP contribution < -0.4 is 5.32 Å². The normalized spacial score (nSPS) is 17.1. The fourth-order valence-electron chi connectivity index (χ4n) is 3.52. The molecule has 4 rings (SSSR count). The predicted molar refractivity (Wildman–Crippen MR) is 95.9 cm³/mol. The van der Waals surface area contributed by atoms with E-state index in [1.54, 1.807) is 0 Å². The Hall–Kier alpha value is -2.67. The van der Waals surface area contributed by atoms with Crippen LogP contribution in [0, 0.1) is 20.8 Å². The average Bonchev–Trinajstić information content (AvgIpc) is 3.35. The van der Waals surface area contributed by atoms with Crippen molar-refractivity contribution in [3.8, 4) is 0 Å². The number of hydrogen-bond donors (Lipinski definition) is 2. The molecular formula is C19H22N4O3. The van der Waals surface area contributed by atoms with Gasteiger partial charge in [-0.3, -0.25) is 4.79 Å². The van der Waals surface area contributed by atoms with Gasteiger partial charge in [-0.05, 0) is 50.3 Å².